The van der Waals surface area contributed by atoms with Crippen molar-refractivity contribution in [3.63, 3.8) is 0 Å². The van der Waals surface area contributed by atoms with E-state index in [9.17, 15) is 18.0 Å². The van der Waals surface area contributed by atoms with E-state index in [0.717, 1.165) is 12.8 Å². The third-order valence-electron chi connectivity index (χ3n) is 7.18. The number of esters is 2. The Bertz CT molecular complexity index is 861. The van der Waals surface area contributed by atoms with Gasteiger partial charge in [0, 0.05) is 39.3 Å². The van der Waals surface area contributed by atoms with E-state index in [-0.39, 0.29) is 24.5 Å². The molecule has 2 saturated heterocycles. The van der Waals surface area contributed by atoms with Crippen LogP contribution < -0.4 is 0 Å². The summed E-state index contributed by atoms with van der Waals surface area (Å²) in [5.74, 6) is -2.19. The maximum atomic E-state index is 14.1. The first-order valence-corrected chi connectivity index (χ1v) is 15.2. The van der Waals surface area contributed by atoms with Crippen LogP contribution in [-0.4, -0.2) is 104 Å². The first kappa shape index (κ1) is 29.3. The molecule has 1 aliphatic carbocycles. The fourth-order valence-electron chi connectivity index (χ4n) is 5.46. The number of hydrogen-bond donors (Lipinski definition) is 0. The second-order valence-electron chi connectivity index (χ2n) is 11.2. The monoisotopic (exact) mass is 531 g/mol. The SMILES string of the molecule is CCOC(=O)[C@H]1CC[C@H](OC(C(=O)OC(C)(C)C)(N2CCCC2)N2CCCN(S(C)(=O)=O)CC2)CC1. The van der Waals surface area contributed by atoms with Crippen molar-refractivity contribution in [3.05, 3.63) is 0 Å². The van der Waals surface area contributed by atoms with Crippen molar-refractivity contribution in [3.8, 4) is 0 Å². The van der Waals surface area contributed by atoms with Gasteiger partial charge in [-0.1, -0.05) is 0 Å². The van der Waals surface area contributed by atoms with Gasteiger partial charge in [-0.05, 0) is 72.6 Å². The third-order valence-corrected chi connectivity index (χ3v) is 8.48. The summed E-state index contributed by atoms with van der Waals surface area (Å²) in [6.45, 7) is 10.7. The molecular weight excluding hydrogens is 486 g/mol. The van der Waals surface area contributed by atoms with Gasteiger partial charge in [0.05, 0.1) is 24.9 Å². The maximum Gasteiger partial charge on any atom is 0.371 e. The topological polar surface area (TPSA) is 106 Å². The molecule has 11 heteroatoms. The highest BCUT2D eigenvalue weighted by Crippen LogP contribution is 2.37. The van der Waals surface area contributed by atoms with Gasteiger partial charge in [-0.15, -0.1) is 0 Å². The summed E-state index contributed by atoms with van der Waals surface area (Å²) in [6.07, 6.45) is 6.08. The van der Waals surface area contributed by atoms with Gasteiger partial charge in [0.15, 0.2) is 0 Å². The number of ether oxygens (including phenoxy) is 3. The summed E-state index contributed by atoms with van der Waals surface area (Å²) >= 11 is 0. The summed E-state index contributed by atoms with van der Waals surface area (Å²) < 4.78 is 44.0. The van der Waals surface area contributed by atoms with Gasteiger partial charge in [0.1, 0.15) is 5.60 Å². The van der Waals surface area contributed by atoms with Crippen LogP contribution in [0.4, 0.5) is 0 Å². The lowest BCUT2D eigenvalue weighted by Crippen LogP contribution is -2.69. The standard InChI is InChI=1S/C25H45N3O7S/c1-6-33-22(29)20-10-12-21(13-11-20)34-25(26-14-7-8-15-26,23(30)35-24(2,3)4)27-16-9-17-28(19-18-27)36(5,31)32/h20-21H,6-19H2,1-5H3/t20-,21-,25?. The molecule has 10 nitrogen and oxygen atoms in total. The van der Waals surface area contributed by atoms with Crippen LogP contribution in [0, 0.1) is 5.92 Å². The fourth-order valence-corrected chi connectivity index (χ4v) is 6.33. The quantitative estimate of drug-likeness (QED) is 0.436. The molecule has 208 valence electrons. The molecule has 0 N–H and O–H groups in total. The van der Waals surface area contributed by atoms with Gasteiger partial charge in [-0.2, -0.15) is 0 Å². The number of likely N-dealkylation sites (tertiary alicyclic amines) is 1. The van der Waals surface area contributed by atoms with Gasteiger partial charge in [-0.3, -0.25) is 14.6 Å². The van der Waals surface area contributed by atoms with E-state index in [4.69, 9.17) is 14.2 Å². The zero-order valence-corrected chi connectivity index (χ0v) is 23.5. The van der Waals surface area contributed by atoms with E-state index < -0.39 is 27.4 Å². The Labute approximate surface area is 216 Å². The van der Waals surface area contributed by atoms with Gasteiger partial charge < -0.3 is 14.2 Å². The number of rotatable bonds is 8. The van der Waals surface area contributed by atoms with Crippen LogP contribution in [0.25, 0.3) is 0 Å². The molecular formula is C25H45N3O7S. The van der Waals surface area contributed by atoms with Gasteiger partial charge in [-0.25, -0.2) is 17.5 Å². The average molecular weight is 532 g/mol. The summed E-state index contributed by atoms with van der Waals surface area (Å²) in [5, 5.41) is 0. The smallest absolute Gasteiger partial charge is 0.371 e. The summed E-state index contributed by atoms with van der Waals surface area (Å²) in [7, 11) is -3.34. The van der Waals surface area contributed by atoms with Crippen molar-refractivity contribution in [1.82, 2.24) is 14.1 Å². The molecule has 0 radical (unpaired) electrons. The Hall–Kier alpha value is -1.27. The lowest BCUT2D eigenvalue weighted by atomic mass is 9.87. The van der Waals surface area contributed by atoms with E-state index >= 15 is 0 Å². The van der Waals surface area contributed by atoms with Gasteiger partial charge >= 0.3 is 11.9 Å². The Morgan fingerprint density at radius 1 is 0.861 bits per heavy atom. The number of hydrogen-bond acceptors (Lipinski definition) is 9. The second-order valence-corrected chi connectivity index (χ2v) is 13.1. The number of carbonyl (C=O) groups is 2. The Morgan fingerprint density at radius 3 is 2.00 bits per heavy atom. The van der Waals surface area contributed by atoms with E-state index in [0.29, 0.717) is 71.4 Å². The normalized spacial score (nSPS) is 27.2. The molecule has 0 aromatic rings. The third kappa shape index (κ3) is 7.18. The molecule has 0 spiro atoms. The van der Waals surface area contributed by atoms with Gasteiger partial charge in [0.25, 0.3) is 5.85 Å². The number of carbonyl (C=O) groups excluding carboxylic acids is 2. The number of sulfonamides is 1. The molecule has 1 saturated carbocycles. The van der Waals surface area contributed by atoms with Crippen molar-refractivity contribution in [2.24, 2.45) is 5.92 Å². The van der Waals surface area contributed by atoms with Crippen LogP contribution in [-0.2, 0) is 33.8 Å². The molecule has 1 atom stereocenters. The zero-order valence-electron chi connectivity index (χ0n) is 22.7. The molecule has 36 heavy (non-hydrogen) atoms. The molecule has 0 amide bonds. The van der Waals surface area contributed by atoms with Crippen LogP contribution in [0.2, 0.25) is 0 Å². The highest BCUT2D eigenvalue weighted by Gasteiger charge is 2.55. The summed E-state index contributed by atoms with van der Waals surface area (Å²) in [5.41, 5.74) is -0.711. The zero-order chi connectivity index (χ0) is 26.6. The van der Waals surface area contributed by atoms with Gasteiger partial charge in [0.2, 0.25) is 10.0 Å². The molecule has 0 bridgehead atoms. The van der Waals surface area contributed by atoms with E-state index in [1.54, 1.807) is 0 Å². The molecule has 3 aliphatic rings. The molecule has 0 aromatic carbocycles. The first-order chi connectivity index (χ1) is 16.9. The first-order valence-electron chi connectivity index (χ1n) is 13.4. The van der Waals surface area contributed by atoms with Crippen molar-refractivity contribution >= 4 is 22.0 Å². The lowest BCUT2D eigenvalue weighted by molar-refractivity contribution is -0.277. The van der Waals surface area contributed by atoms with E-state index in [2.05, 4.69) is 4.90 Å². The average Bonchev–Trinajstić information content (AvgIpc) is 3.20. The van der Waals surface area contributed by atoms with Crippen molar-refractivity contribution < 1.29 is 32.2 Å². The predicted octanol–water partition coefficient (Wildman–Crippen LogP) is 2.18. The van der Waals surface area contributed by atoms with Crippen LogP contribution in [0.5, 0.6) is 0 Å². The van der Waals surface area contributed by atoms with Crippen LogP contribution in [0.1, 0.15) is 72.6 Å². The largest absolute Gasteiger partial charge is 0.466 e. The Balaban J connectivity index is 1.90. The highest BCUT2D eigenvalue weighted by atomic mass is 32.2. The van der Waals surface area contributed by atoms with Crippen LogP contribution in [0.3, 0.4) is 0 Å². The van der Waals surface area contributed by atoms with Crippen molar-refractivity contribution in [2.75, 3.05) is 52.1 Å². The van der Waals surface area contributed by atoms with Crippen LogP contribution >= 0.6 is 0 Å². The summed E-state index contributed by atoms with van der Waals surface area (Å²) in [6, 6.07) is 0. The van der Waals surface area contributed by atoms with Crippen molar-refractivity contribution in [2.45, 2.75) is 90.2 Å². The maximum absolute atomic E-state index is 14.1. The lowest BCUT2D eigenvalue weighted by Gasteiger charge is -2.49. The molecule has 1 unspecified atom stereocenters. The van der Waals surface area contributed by atoms with E-state index in [1.165, 1.54) is 10.6 Å². The van der Waals surface area contributed by atoms with Crippen molar-refractivity contribution in [1.29, 1.82) is 0 Å². The number of nitrogens with zero attached hydrogens (tertiary/aromatic N) is 3. The Kier molecular flexibility index (Phi) is 9.81. The van der Waals surface area contributed by atoms with Crippen LogP contribution in [0.15, 0.2) is 0 Å². The molecule has 2 heterocycles. The predicted molar refractivity (Wildman–Crippen MR) is 135 cm³/mol. The Morgan fingerprint density at radius 2 is 1.44 bits per heavy atom. The molecule has 2 aliphatic heterocycles. The minimum Gasteiger partial charge on any atom is -0.466 e. The second kappa shape index (κ2) is 12.1. The molecule has 3 fully saturated rings. The minimum absolute atomic E-state index is 0.144. The van der Waals surface area contributed by atoms with E-state index in [1.807, 2.05) is 32.6 Å². The highest BCUT2D eigenvalue weighted by molar-refractivity contribution is 7.88. The molecule has 0 aromatic heterocycles. The summed E-state index contributed by atoms with van der Waals surface area (Å²) in [4.78, 5) is 30.4. The minimum atomic E-state index is -3.34. The molecule has 3 rings (SSSR count). The fraction of sp³-hybridized carbons (Fsp3) is 0.920.